The number of carbonyl (C=O) groups excluding carboxylic acids is 1. The number of hydrogen-bond acceptors (Lipinski definition) is 5. The van der Waals surface area contributed by atoms with Crippen molar-refractivity contribution in [1.82, 2.24) is 10.0 Å². The fraction of sp³-hybridized carbons (Fsp3) is 0.381. The Labute approximate surface area is 185 Å². The van der Waals surface area contributed by atoms with E-state index in [1.807, 2.05) is 0 Å². The Bertz CT molecular complexity index is 1020. The molecular formula is C21H25F2N3O5S. The maximum absolute atomic E-state index is 13.7. The minimum Gasteiger partial charge on any atom is -0.394 e. The van der Waals surface area contributed by atoms with Crippen LogP contribution >= 0.6 is 0 Å². The molecule has 0 aliphatic carbocycles. The fourth-order valence-corrected chi connectivity index (χ4v) is 4.50. The molecule has 1 heterocycles. The Morgan fingerprint density at radius 2 is 1.81 bits per heavy atom. The summed E-state index contributed by atoms with van der Waals surface area (Å²) in [4.78, 5) is 12.1. The van der Waals surface area contributed by atoms with Crippen molar-refractivity contribution in [3.8, 4) is 0 Å². The number of hydrogen-bond donors (Lipinski definition) is 4. The Morgan fingerprint density at radius 1 is 1.09 bits per heavy atom. The third-order valence-corrected chi connectivity index (χ3v) is 6.59. The van der Waals surface area contributed by atoms with Gasteiger partial charge in [0.1, 0.15) is 17.7 Å². The first-order valence-electron chi connectivity index (χ1n) is 10.1. The van der Waals surface area contributed by atoms with Gasteiger partial charge in [0.05, 0.1) is 29.3 Å². The van der Waals surface area contributed by atoms with Crippen LogP contribution < -0.4 is 15.4 Å². The number of ether oxygens (including phenoxy) is 1. The van der Waals surface area contributed by atoms with E-state index in [0.29, 0.717) is 19.3 Å². The summed E-state index contributed by atoms with van der Waals surface area (Å²) in [6, 6.07) is 9.15. The molecule has 1 aliphatic rings. The minimum absolute atomic E-state index is 0.0357. The van der Waals surface area contributed by atoms with E-state index in [0.717, 1.165) is 12.1 Å². The zero-order valence-corrected chi connectivity index (χ0v) is 17.9. The van der Waals surface area contributed by atoms with E-state index >= 15 is 0 Å². The van der Waals surface area contributed by atoms with Gasteiger partial charge in [0.25, 0.3) is 0 Å². The number of amides is 2. The SMILES string of the molecule is O=C(Nc1ccccc1F)N[C@@H]1CC[C@H](CCNS(=O)(=O)c2ccc(F)cc2)O[C@@H]1CO. The number of anilines is 1. The van der Waals surface area contributed by atoms with Gasteiger partial charge in [-0.1, -0.05) is 12.1 Å². The molecule has 1 fully saturated rings. The van der Waals surface area contributed by atoms with Crippen molar-refractivity contribution in [3.05, 3.63) is 60.2 Å². The third kappa shape index (κ3) is 6.45. The third-order valence-electron chi connectivity index (χ3n) is 5.12. The number of aliphatic hydroxyl groups excluding tert-OH is 1. The van der Waals surface area contributed by atoms with Gasteiger partial charge in [-0.2, -0.15) is 0 Å². The van der Waals surface area contributed by atoms with Gasteiger partial charge in [-0.3, -0.25) is 0 Å². The van der Waals surface area contributed by atoms with Crippen molar-refractivity contribution in [1.29, 1.82) is 0 Å². The lowest BCUT2D eigenvalue weighted by molar-refractivity contribution is -0.0884. The Kier molecular flexibility index (Phi) is 8.13. The second-order valence-electron chi connectivity index (χ2n) is 7.38. The molecule has 1 aliphatic heterocycles. The van der Waals surface area contributed by atoms with Gasteiger partial charge in [-0.05, 0) is 55.7 Å². The van der Waals surface area contributed by atoms with Crippen LogP contribution in [0.15, 0.2) is 53.4 Å². The van der Waals surface area contributed by atoms with Crippen LogP contribution in [0.2, 0.25) is 0 Å². The summed E-state index contributed by atoms with van der Waals surface area (Å²) in [5, 5.41) is 14.8. The van der Waals surface area contributed by atoms with E-state index in [4.69, 9.17) is 4.74 Å². The van der Waals surface area contributed by atoms with Gasteiger partial charge >= 0.3 is 6.03 Å². The number of halogens is 2. The van der Waals surface area contributed by atoms with Gasteiger partial charge in [0.2, 0.25) is 10.0 Å². The minimum atomic E-state index is -3.77. The lowest BCUT2D eigenvalue weighted by Crippen LogP contribution is -2.52. The number of carbonyl (C=O) groups is 1. The van der Waals surface area contributed by atoms with E-state index in [9.17, 15) is 27.1 Å². The van der Waals surface area contributed by atoms with Crippen LogP contribution in [0.1, 0.15) is 19.3 Å². The fourth-order valence-electron chi connectivity index (χ4n) is 3.45. The van der Waals surface area contributed by atoms with Crippen LogP contribution in [0.5, 0.6) is 0 Å². The van der Waals surface area contributed by atoms with E-state index in [1.54, 1.807) is 6.07 Å². The van der Waals surface area contributed by atoms with E-state index in [-0.39, 0.29) is 29.8 Å². The lowest BCUT2D eigenvalue weighted by atomic mass is 9.97. The number of para-hydroxylation sites is 1. The zero-order chi connectivity index (χ0) is 23.1. The normalized spacial score (nSPS) is 21.2. The number of aliphatic hydroxyl groups is 1. The first-order chi connectivity index (χ1) is 15.3. The van der Waals surface area contributed by atoms with Crippen molar-refractivity contribution < 1.29 is 31.8 Å². The molecule has 0 saturated carbocycles. The molecule has 0 aromatic heterocycles. The van der Waals surface area contributed by atoms with Gasteiger partial charge in [-0.25, -0.2) is 26.7 Å². The molecule has 174 valence electrons. The van der Waals surface area contributed by atoms with Gasteiger partial charge in [-0.15, -0.1) is 0 Å². The summed E-state index contributed by atoms with van der Waals surface area (Å²) >= 11 is 0. The highest BCUT2D eigenvalue weighted by molar-refractivity contribution is 7.89. The highest BCUT2D eigenvalue weighted by Gasteiger charge is 2.32. The van der Waals surface area contributed by atoms with Gasteiger partial charge < -0.3 is 20.5 Å². The number of benzene rings is 2. The van der Waals surface area contributed by atoms with Crippen molar-refractivity contribution >= 4 is 21.7 Å². The van der Waals surface area contributed by atoms with Gasteiger partial charge in [0.15, 0.2) is 0 Å². The van der Waals surface area contributed by atoms with Crippen LogP contribution in [0.25, 0.3) is 0 Å². The average molecular weight is 470 g/mol. The van der Waals surface area contributed by atoms with Gasteiger partial charge in [0, 0.05) is 6.54 Å². The number of urea groups is 1. The molecule has 8 nitrogen and oxygen atoms in total. The summed E-state index contributed by atoms with van der Waals surface area (Å²) in [6.45, 7) is -0.253. The second-order valence-corrected chi connectivity index (χ2v) is 9.15. The molecule has 2 amide bonds. The van der Waals surface area contributed by atoms with Crippen molar-refractivity contribution in [3.63, 3.8) is 0 Å². The number of rotatable bonds is 8. The summed E-state index contributed by atoms with van der Waals surface area (Å²) in [5.41, 5.74) is 0.0357. The molecule has 0 unspecified atom stereocenters. The first kappa shape index (κ1) is 24.1. The van der Waals surface area contributed by atoms with Crippen LogP contribution in [-0.2, 0) is 14.8 Å². The quantitative estimate of drug-likeness (QED) is 0.474. The molecule has 0 spiro atoms. The predicted octanol–water partition coefficient (Wildman–Crippen LogP) is 2.36. The number of nitrogens with one attached hydrogen (secondary N) is 3. The molecule has 1 saturated heterocycles. The Morgan fingerprint density at radius 3 is 2.50 bits per heavy atom. The summed E-state index contributed by atoms with van der Waals surface area (Å²) in [6.07, 6.45) is 0.361. The van der Waals surface area contributed by atoms with Crippen LogP contribution in [0, 0.1) is 11.6 Å². The molecule has 3 atom stereocenters. The molecule has 4 N–H and O–H groups in total. The molecule has 2 aromatic rings. The van der Waals surface area contributed by atoms with Crippen molar-refractivity contribution in [2.24, 2.45) is 0 Å². The zero-order valence-electron chi connectivity index (χ0n) is 17.1. The highest BCUT2D eigenvalue weighted by atomic mass is 32.2. The summed E-state index contributed by atoms with van der Waals surface area (Å²) in [7, 11) is -3.77. The molecule has 32 heavy (non-hydrogen) atoms. The summed E-state index contributed by atoms with van der Waals surface area (Å²) < 4.78 is 59.4. The van der Waals surface area contributed by atoms with Crippen LogP contribution in [0.3, 0.4) is 0 Å². The maximum atomic E-state index is 13.7. The monoisotopic (exact) mass is 469 g/mol. The Hall–Kier alpha value is -2.60. The van der Waals surface area contributed by atoms with Crippen LogP contribution in [-0.4, -0.2) is 51.0 Å². The average Bonchev–Trinajstić information content (AvgIpc) is 2.76. The molecule has 3 rings (SSSR count). The maximum Gasteiger partial charge on any atom is 0.319 e. The topological polar surface area (TPSA) is 117 Å². The first-order valence-corrected chi connectivity index (χ1v) is 11.6. The molecule has 2 aromatic carbocycles. The largest absolute Gasteiger partial charge is 0.394 e. The summed E-state index contributed by atoms with van der Waals surface area (Å²) in [5.74, 6) is -1.09. The predicted molar refractivity (Wildman–Crippen MR) is 114 cm³/mol. The molecule has 11 heteroatoms. The second kappa shape index (κ2) is 10.8. The molecule has 0 bridgehead atoms. The molecular weight excluding hydrogens is 444 g/mol. The smallest absolute Gasteiger partial charge is 0.319 e. The molecule has 0 radical (unpaired) electrons. The van der Waals surface area contributed by atoms with Crippen LogP contribution in [0.4, 0.5) is 19.3 Å². The van der Waals surface area contributed by atoms with E-state index in [1.165, 1.54) is 30.3 Å². The standard InChI is InChI=1S/C21H25F2N3O5S/c22-14-5-8-16(9-6-14)32(29,30)24-12-11-15-7-10-19(20(13-27)31-15)26-21(28)25-18-4-2-1-3-17(18)23/h1-6,8-9,15,19-20,24,27H,7,10-13H2,(H2,25,26,28)/t15-,19-,20-/m1/s1. The van der Waals surface area contributed by atoms with E-state index < -0.39 is 39.8 Å². The lowest BCUT2D eigenvalue weighted by Gasteiger charge is -2.36. The highest BCUT2D eigenvalue weighted by Crippen LogP contribution is 2.22. The van der Waals surface area contributed by atoms with Crippen molar-refractivity contribution in [2.45, 2.75) is 42.4 Å². The van der Waals surface area contributed by atoms with Crippen molar-refractivity contribution in [2.75, 3.05) is 18.5 Å². The number of sulfonamides is 1. The Balaban J connectivity index is 1.47. The van der Waals surface area contributed by atoms with E-state index in [2.05, 4.69) is 15.4 Å².